The predicted octanol–water partition coefficient (Wildman–Crippen LogP) is 5.35. The van der Waals surface area contributed by atoms with Gasteiger partial charge in [-0.3, -0.25) is 0 Å². The molecule has 0 aliphatic rings. The number of rotatable bonds is 9. The first kappa shape index (κ1) is 19.6. The van der Waals surface area contributed by atoms with Crippen molar-refractivity contribution in [3.05, 3.63) is 90.5 Å². The summed E-state index contributed by atoms with van der Waals surface area (Å²) in [7, 11) is 1.68. The van der Waals surface area contributed by atoms with E-state index >= 15 is 0 Å². The molecule has 152 valence electrons. The second-order valence-corrected chi connectivity index (χ2v) is 6.90. The van der Waals surface area contributed by atoms with Gasteiger partial charge < -0.3 is 20.1 Å². The highest BCUT2D eigenvalue weighted by Crippen LogP contribution is 2.21. The number of fused-ring (bicyclic) bond motifs is 1. The van der Waals surface area contributed by atoms with Crippen molar-refractivity contribution in [1.29, 1.82) is 0 Å². The fourth-order valence-corrected chi connectivity index (χ4v) is 3.19. The molecule has 0 radical (unpaired) electrons. The Hall–Kier alpha value is -3.73. The number of aromatic nitrogens is 1. The number of para-hydroxylation sites is 1. The molecule has 5 nitrogen and oxygen atoms in total. The number of methoxy groups -OCH3 is 1. The Kier molecular flexibility index (Phi) is 6.30. The van der Waals surface area contributed by atoms with Crippen molar-refractivity contribution in [3.8, 4) is 11.5 Å². The Bertz CT molecular complexity index is 1100. The molecule has 1 aromatic heterocycles. The monoisotopic (exact) mass is 399 g/mol. The number of hydrogen-bond acceptors (Lipinski definition) is 5. The summed E-state index contributed by atoms with van der Waals surface area (Å²) in [5.41, 5.74) is 3.19. The first-order valence-corrected chi connectivity index (χ1v) is 9.99. The zero-order chi connectivity index (χ0) is 20.6. The van der Waals surface area contributed by atoms with Crippen LogP contribution >= 0.6 is 0 Å². The molecule has 0 unspecified atom stereocenters. The quantitative estimate of drug-likeness (QED) is 0.372. The summed E-state index contributed by atoms with van der Waals surface area (Å²) >= 11 is 0. The summed E-state index contributed by atoms with van der Waals surface area (Å²) in [4.78, 5) is 4.69. The molecule has 4 rings (SSSR count). The van der Waals surface area contributed by atoms with E-state index in [1.807, 2.05) is 60.7 Å². The van der Waals surface area contributed by atoms with Gasteiger partial charge in [-0.1, -0.05) is 30.3 Å². The number of nitrogens with zero attached hydrogens (tertiary/aromatic N) is 1. The van der Waals surface area contributed by atoms with Crippen molar-refractivity contribution in [2.75, 3.05) is 30.9 Å². The Morgan fingerprint density at radius 3 is 2.53 bits per heavy atom. The lowest BCUT2D eigenvalue weighted by Gasteiger charge is -2.10. The largest absolute Gasteiger partial charge is 0.497 e. The van der Waals surface area contributed by atoms with E-state index in [1.165, 1.54) is 5.56 Å². The van der Waals surface area contributed by atoms with E-state index in [9.17, 15) is 0 Å². The SMILES string of the molecule is COc1cccc(CNc2ccc3nc(NCCOc4ccccc4)ccc3c2)c1. The fourth-order valence-electron chi connectivity index (χ4n) is 3.19. The van der Waals surface area contributed by atoms with Crippen LogP contribution in [0.15, 0.2) is 84.9 Å². The van der Waals surface area contributed by atoms with Gasteiger partial charge in [-0.15, -0.1) is 0 Å². The van der Waals surface area contributed by atoms with Gasteiger partial charge in [-0.05, 0) is 60.2 Å². The topological polar surface area (TPSA) is 55.4 Å². The third-order valence-corrected chi connectivity index (χ3v) is 4.74. The van der Waals surface area contributed by atoms with Crippen LogP contribution in [-0.4, -0.2) is 25.2 Å². The highest BCUT2D eigenvalue weighted by atomic mass is 16.5. The van der Waals surface area contributed by atoms with Crippen molar-refractivity contribution < 1.29 is 9.47 Å². The molecule has 1 heterocycles. The van der Waals surface area contributed by atoms with Crippen LogP contribution in [0.3, 0.4) is 0 Å². The van der Waals surface area contributed by atoms with E-state index in [2.05, 4.69) is 34.9 Å². The summed E-state index contributed by atoms with van der Waals surface area (Å²) in [6, 6.07) is 28.2. The molecule has 0 saturated heterocycles. The standard InChI is InChI=1S/C25H25N3O2/c1-29-23-9-5-6-19(16-23)18-27-21-11-12-24-20(17-21)10-13-25(28-24)26-14-15-30-22-7-3-2-4-8-22/h2-13,16-17,27H,14-15,18H2,1H3,(H,26,28). The van der Waals surface area contributed by atoms with Gasteiger partial charge in [0.2, 0.25) is 0 Å². The number of hydrogen-bond donors (Lipinski definition) is 2. The highest BCUT2D eigenvalue weighted by molar-refractivity contribution is 5.83. The van der Waals surface area contributed by atoms with E-state index in [0.717, 1.165) is 40.5 Å². The van der Waals surface area contributed by atoms with Crippen molar-refractivity contribution in [2.24, 2.45) is 0 Å². The number of pyridine rings is 1. The summed E-state index contributed by atoms with van der Waals surface area (Å²) < 4.78 is 11.0. The maximum atomic E-state index is 5.70. The van der Waals surface area contributed by atoms with Gasteiger partial charge in [0.1, 0.15) is 23.9 Å². The Labute approximate surface area is 176 Å². The van der Waals surface area contributed by atoms with Crippen molar-refractivity contribution in [1.82, 2.24) is 4.98 Å². The van der Waals surface area contributed by atoms with Gasteiger partial charge in [-0.2, -0.15) is 0 Å². The number of benzene rings is 3. The van der Waals surface area contributed by atoms with Crippen LogP contribution in [0.2, 0.25) is 0 Å². The maximum absolute atomic E-state index is 5.70. The summed E-state index contributed by atoms with van der Waals surface area (Å²) in [5, 5.41) is 7.87. The van der Waals surface area contributed by atoms with Crippen LogP contribution in [0.1, 0.15) is 5.56 Å². The van der Waals surface area contributed by atoms with E-state index in [-0.39, 0.29) is 0 Å². The molecular formula is C25H25N3O2. The number of nitrogens with one attached hydrogen (secondary N) is 2. The Morgan fingerprint density at radius 2 is 1.67 bits per heavy atom. The zero-order valence-electron chi connectivity index (χ0n) is 17.0. The fraction of sp³-hybridized carbons (Fsp3) is 0.160. The van der Waals surface area contributed by atoms with Crippen LogP contribution in [0, 0.1) is 0 Å². The van der Waals surface area contributed by atoms with Crippen LogP contribution in [0.5, 0.6) is 11.5 Å². The lowest BCUT2D eigenvalue weighted by Crippen LogP contribution is -2.12. The van der Waals surface area contributed by atoms with Gasteiger partial charge in [0, 0.05) is 17.6 Å². The summed E-state index contributed by atoms with van der Waals surface area (Å²) in [6.45, 7) is 2.00. The van der Waals surface area contributed by atoms with E-state index in [1.54, 1.807) is 7.11 Å². The van der Waals surface area contributed by atoms with E-state index in [0.29, 0.717) is 13.2 Å². The molecule has 3 aromatic carbocycles. The molecule has 0 bridgehead atoms. The van der Waals surface area contributed by atoms with E-state index in [4.69, 9.17) is 14.5 Å². The smallest absolute Gasteiger partial charge is 0.126 e. The molecule has 2 N–H and O–H groups in total. The summed E-state index contributed by atoms with van der Waals surface area (Å²) in [5.74, 6) is 2.59. The van der Waals surface area contributed by atoms with Crippen molar-refractivity contribution in [3.63, 3.8) is 0 Å². The van der Waals surface area contributed by atoms with Crippen LogP contribution in [0.4, 0.5) is 11.5 Å². The normalized spacial score (nSPS) is 10.6. The average molecular weight is 399 g/mol. The second-order valence-electron chi connectivity index (χ2n) is 6.90. The molecule has 30 heavy (non-hydrogen) atoms. The van der Waals surface area contributed by atoms with Crippen molar-refractivity contribution in [2.45, 2.75) is 6.54 Å². The van der Waals surface area contributed by atoms with Gasteiger partial charge in [0.15, 0.2) is 0 Å². The molecule has 0 saturated carbocycles. The molecule has 0 atom stereocenters. The van der Waals surface area contributed by atoms with Crippen LogP contribution in [-0.2, 0) is 6.54 Å². The van der Waals surface area contributed by atoms with Gasteiger partial charge >= 0.3 is 0 Å². The Morgan fingerprint density at radius 1 is 0.800 bits per heavy atom. The summed E-state index contributed by atoms with van der Waals surface area (Å²) in [6.07, 6.45) is 0. The minimum absolute atomic E-state index is 0.580. The highest BCUT2D eigenvalue weighted by Gasteiger charge is 2.02. The van der Waals surface area contributed by atoms with E-state index < -0.39 is 0 Å². The lowest BCUT2D eigenvalue weighted by molar-refractivity contribution is 0.333. The molecule has 0 aliphatic heterocycles. The lowest BCUT2D eigenvalue weighted by atomic mass is 10.1. The number of anilines is 2. The molecule has 4 aromatic rings. The average Bonchev–Trinajstić information content (AvgIpc) is 2.81. The first-order valence-electron chi connectivity index (χ1n) is 9.99. The van der Waals surface area contributed by atoms with Crippen molar-refractivity contribution >= 4 is 22.4 Å². The molecule has 0 amide bonds. The van der Waals surface area contributed by atoms with Gasteiger partial charge in [0.05, 0.1) is 19.2 Å². The minimum Gasteiger partial charge on any atom is -0.497 e. The predicted molar refractivity (Wildman–Crippen MR) is 122 cm³/mol. The minimum atomic E-state index is 0.580. The third-order valence-electron chi connectivity index (χ3n) is 4.74. The maximum Gasteiger partial charge on any atom is 0.126 e. The van der Waals surface area contributed by atoms with Gasteiger partial charge in [0.25, 0.3) is 0 Å². The van der Waals surface area contributed by atoms with Gasteiger partial charge in [-0.25, -0.2) is 4.98 Å². The molecular weight excluding hydrogens is 374 g/mol. The number of ether oxygens (including phenoxy) is 2. The second kappa shape index (κ2) is 9.65. The molecule has 0 aliphatic carbocycles. The Balaban J connectivity index is 1.32. The molecule has 0 fully saturated rings. The molecule has 0 spiro atoms. The van der Waals surface area contributed by atoms with Crippen LogP contribution in [0.25, 0.3) is 10.9 Å². The first-order chi connectivity index (χ1) is 14.8. The van der Waals surface area contributed by atoms with Crippen LogP contribution < -0.4 is 20.1 Å². The zero-order valence-corrected chi connectivity index (χ0v) is 17.0. The molecule has 5 heteroatoms. The third kappa shape index (κ3) is 5.20.